The molecular weight excluding hydrogens is 448 g/mol. The molecule has 168 valence electrons. The summed E-state index contributed by atoms with van der Waals surface area (Å²) < 4.78 is 7.47. The fourth-order valence-corrected chi connectivity index (χ4v) is 5.60. The summed E-state index contributed by atoms with van der Waals surface area (Å²) in [4.78, 5) is 31.1. The van der Waals surface area contributed by atoms with Gasteiger partial charge in [-0.05, 0) is 43.5 Å². The molecule has 0 saturated carbocycles. The Balaban J connectivity index is 1.28. The largest absolute Gasteiger partial charge is 0.368 e. The third-order valence-corrected chi connectivity index (χ3v) is 7.54. The first kappa shape index (κ1) is 21.4. The maximum atomic E-state index is 13.2. The van der Waals surface area contributed by atoms with Gasteiger partial charge in [0.15, 0.2) is 0 Å². The van der Waals surface area contributed by atoms with E-state index in [0.29, 0.717) is 49.2 Å². The maximum Gasteiger partial charge on any atom is 0.264 e. The Kier molecular flexibility index (Phi) is 5.92. The van der Waals surface area contributed by atoms with Gasteiger partial charge in [-0.2, -0.15) is 5.10 Å². The summed E-state index contributed by atoms with van der Waals surface area (Å²) in [6, 6.07) is 9.67. The highest BCUT2D eigenvalue weighted by molar-refractivity contribution is 7.20. The van der Waals surface area contributed by atoms with Gasteiger partial charge in [-0.1, -0.05) is 23.7 Å². The highest BCUT2D eigenvalue weighted by Gasteiger charge is 2.32. The van der Waals surface area contributed by atoms with Crippen LogP contribution in [0.4, 0.5) is 0 Å². The third kappa shape index (κ3) is 4.14. The van der Waals surface area contributed by atoms with Crippen molar-refractivity contribution in [2.45, 2.75) is 32.4 Å². The molecule has 1 unspecified atom stereocenters. The molecule has 2 aliphatic rings. The van der Waals surface area contributed by atoms with Crippen LogP contribution in [0.25, 0.3) is 10.2 Å². The Bertz CT molecular complexity index is 1140. The summed E-state index contributed by atoms with van der Waals surface area (Å²) in [5, 5.41) is 6.38. The van der Waals surface area contributed by atoms with Crippen molar-refractivity contribution in [1.82, 2.24) is 19.6 Å². The smallest absolute Gasteiger partial charge is 0.264 e. The number of fused-ring (bicyclic) bond motifs is 1. The van der Waals surface area contributed by atoms with E-state index in [0.717, 1.165) is 34.3 Å². The summed E-state index contributed by atoms with van der Waals surface area (Å²) in [5.74, 6) is 0.0854. The Morgan fingerprint density at radius 3 is 2.56 bits per heavy atom. The molecular formula is C23H25ClN4O3S. The second-order valence-electron chi connectivity index (χ2n) is 8.32. The van der Waals surface area contributed by atoms with Crippen molar-refractivity contribution in [3.05, 3.63) is 51.5 Å². The van der Waals surface area contributed by atoms with Crippen LogP contribution in [0.2, 0.25) is 5.02 Å². The fraction of sp³-hybridized carbons (Fsp3) is 0.435. The number of rotatable bonds is 4. The van der Waals surface area contributed by atoms with E-state index in [1.807, 2.05) is 51.7 Å². The van der Waals surface area contributed by atoms with Crippen molar-refractivity contribution in [2.24, 2.45) is 0 Å². The minimum Gasteiger partial charge on any atom is -0.368 e. The number of piperazine rings is 1. The van der Waals surface area contributed by atoms with Gasteiger partial charge in [-0.15, -0.1) is 11.3 Å². The van der Waals surface area contributed by atoms with Gasteiger partial charge in [-0.3, -0.25) is 14.3 Å². The number of carbonyl (C=O) groups is 2. The van der Waals surface area contributed by atoms with E-state index < -0.39 is 0 Å². The lowest BCUT2D eigenvalue weighted by molar-refractivity contribution is -0.142. The van der Waals surface area contributed by atoms with Crippen LogP contribution >= 0.6 is 22.9 Å². The molecule has 2 aliphatic heterocycles. The molecule has 4 heterocycles. The normalized spacial score (nSPS) is 19.1. The quantitative estimate of drug-likeness (QED) is 0.582. The van der Waals surface area contributed by atoms with Crippen LogP contribution in [-0.4, -0.2) is 70.3 Å². The van der Waals surface area contributed by atoms with Gasteiger partial charge >= 0.3 is 0 Å². The summed E-state index contributed by atoms with van der Waals surface area (Å²) in [7, 11) is 0. The number of halogens is 1. The highest BCUT2D eigenvalue weighted by atomic mass is 35.5. The Morgan fingerprint density at radius 2 is 1.88 bits per heavy atom. The third-order valence-electron chi connectivity index (χ3n) is 6.15. The van der Waals surface area contributed by atoms with E-state index in [1.54, 1.807) is 0 Å². The standard InChI is InChI=1S/C23H25ClN4O3S/c1-15-18-13-20(32-23(18)28(25-15)14-16-4-6-17(24)7-5-16)22(30)27-10-8-26(9-11-27)21(29)19-3-2-12-31-19/h4-7,13,19H,2-3,8-12,14H2,1H3. The van der Waals surface area contributed by atoms with Crippen LogP contribution in [0.1, 0.15) is 33.8 Å². The molecule has 0 bridgehead atoms. The van der Waals surface area contributed by atoms with E-state index in [9.17, 15) is 9.59 Å². The van der Waals surface area contributed by atoms with Gasteiger partial charge in [0.2, 0.25) is 0 Å². The van der Waals surface area contributed by atoms with Crippen molar-refractivity contribution in [3.63, 3.8) is 0 Å². The van der Waals surface area contributed by atoms with Crippen molar-refractivity contribution in [3.8, 4) is 0 Å². The first-order valence-corrected chi connectivity index (χ1v) is 12.1. The molecule has 0 N–H and O–H groups in total. The number of ether oxygens (including phenoxy) is 1. The van der Waals surface area contributed by atoms with E-state index in [-0.39, 0.29) is 17.9 Å². The second-order valence-corrected chi connectivity index (χ2v) is 9.79. The van der Waals surface area contributed by atoms with Gasteiger partial charge in [0.1, 0.15) is 10.9 Å². The van der Waals surface area contributed by atoms with E-state index in [1.165, 1.54) is 11.3 Å². The van der Waals surface area contributed by atoms with Crippen molar-refractivity contribution in [2.75, 3.05) is 32.8 Å². The van der Waals surface area contributed by atoms with E-state index in [4.69, 9.17) is 16.3 Å². The van der Waals surface area contributed by atoms with Gasteiger partial charge in [0.25, 0.3) is 11.8 Å². The number of hydrogen-bond donors (Lipinski definition) is 0. The Labute approximate surface area is 195 Å². The monoisotopic (exact) mass is 472 g/mol. The van der Waals surface area contributed by atoms with Crippen LogP contribution in [-0.2, 0) is 16.1 Å². The van der Waals surface area contributed by atoms with E-state index in [2.05, 4.69) is 5.10 Å². The van der Waals surface area contributed by atoms with Gasteiger partial charge in [0, 0.05) is 43.2 Å². The first-order chi connectivity index (χ1) is 15.5. The molecule has 0 spiro atoms. The molecule has 5 rings (SSSR count). The number of benzene rings is 1. The maximum absolute atomic E-state index is 13.2. The Morgan fingerprint density at radius 1 is 1.16 bits per heavy atom. The molecule has 0 radical (unpaired) electrons. The minimum atomic E-state index is -0.300. The van der Waals surface area contributed by atoms with Crippen LogP contribution in [0.15, 0.2) is 30.3 Å². The van der Waals surface area contributed by atoms with Gasteiger partial charge in [-0.25, -0.2) is 0 Å². The zero-order valence-corrected chi connectivity index (χ0v) is 19.5. The number of aryl methyl sites for hydroxylation is 1. The molecule has 7 nitrogen and oxygen atoms in total. The summed E-state index contributed by atoms with van der Waals surface area (Å²) in [6.07, 6.45) is 1.44. The average molecular weight is 473 g/mol. The summed E-state index contributed by atoms with van der Waals surface area (Å²) in [5.41, 5.74) is 2.02. The van der Waals surface area contributed by atoms with E-state index >= 15 is 0 Å². The molecule has 9 heteroatoms. The number of nitrogens with zero attached hydrogens (tertiary/aromatic N) is 4. The molecule has 0 aliphatic carbocycles. The molecule has 1 atom stereocenters. The Hall–Kier alpha value is -2.42. The molecule has 32 heavy (non-hydrogen) atoms. The lowest BCUT2D eigenvalue weighted by atomic mass is 10.2. The van der Waals surface area contributed by atoms with Crippen LogP contribution in [0.3, 0.4) is 0 Å². The summed E-state index contributed by atoms with van der Waals surface area (Å²) >= 11 is 7.47. The average Bonchev–Trinajstić information content (AvgIpc) is 3.54. The molecule has 2 amide bonds. The second kappa shape index (κ2) is 8.84. The number of carbonyl (C=O) groups excluding carboxylic acids is 2. The minimum absolute atomic E-state index is 0.0212. The zero-order chi connectivity index (χ0) is 22.2. The summed E-state index contributed by atoms with van der Waals surface area (Å²) in [6.45, 7) is 5.45. The van der Waals surface area contributed by atoms with Crippen LogP contribution in [0.5, 0.6) is 0 Å². The number of hydrogen-bond acceptors (Lipinski definition) is 5. The van der Waals surface area contributed by atoms with Crippen molar-refractivity contribution >= 4 is 45.0 Å². The number of aromatic nitrogens is 2. The molecule has 1 aromatic carbocycles. The number of amides is 2. The van der Waals surface area contributed by atoms with Crippen molar-refractivity contribution in [1.29, 1.82) is 0 Å². The topological polar surface area (TPSA) is 67.7 Å². The van der Waals surface area contributed by atoms with Gasteiger partial charge in [0.05, 0.1) is 17.1 Å². The van der Waals surface area contributed by atoms with Crippen LogP contribution < -0.4 is 0 Å². The fourth-order valence-electron chi connectivity index (χ4n) is 4.35. The van der Waals surface area contributed by atoms with Gasteiger partial charge < -0.3 is 14.5 Å². The van der Waals surface area contributed by atoms with Crippen LogP contribution in [0, 0.1) is 6.92 Å². The molecule has 2 fully saturated rings. The van der Waals surface area contributed by atoms with Crippen molar-refractivity contribution < 1.29 is 14.3 Å². The lowest BCUT2D eigenvalue weighted by Gasteiger charge is -2.35. The number of thiophene rings is 1. The molecule has 2 saturated heterocycles. The zero-order valence-electron chi connectivity index (χ0n) is 17.9. The highest BCUT2D eigenvalue weighted by Crippen LogP contribution is 2.30. The predicted octanol–water partition coefficient (Wildman–Crippen LogP) is 3.57. The first-order valence-electron chi connectivity index (χ1n) is 10.9. The SMILES string of the molecule is Cc1nn(Cc2ccc(Cl)cc2)c2sc(C(=O)N3CCN(C(=O)C4CCCO4)CC3)cc12. The predicted molar refractivity (Wildman–Crippen MR) is 124 cm³/mol. The lowest BCUT2D eigenvalue weighted by Crippen LogP contribution is -2.52. The molecule has 2 aromatic heterocycles. The molecule has 3 aromatic rings.